The summed E-state index contributed by atoms with van der Waals surface area (Å²) in [6.45, 7) is 7.69. The summed E-state index contributed by atoms with van der Waals surface area (Å²) in [7, 11) is -3.64. The molecule has 0 heterocycles. The minimum absolute atomic E-state index is 0.102. The van der Waals surface area contributed by atoms with Gasteiger partial charge in [-0.15, -0.1) is 0 Å². The van der Waals surface area contributed by atoms with Gasteiger partial charge in [-0.1, -0.05) is 29.8 Å². The van der Waals surface area contributed by atoms with Crippen molar-refractivity contribution in [1.29, 1.82) is 0 Å². The largest absolute Gasteiger partial charge is 0.241 e. The Balaban J connectivity index is 3.09. The first kappa shape index (κ1) is 18.6. The van der Waals surface area contributed by atoms with Gasteiger partial charge in [0.05, 0.1) is 4.90 Å². The quantitative estimate of drug-likeness (QED) is 0.729. The Morgan fingerprint density at radius 2 is 1.67 bits per heavy atom. The summed E-state index contributed by atoms with van der Waals surface area (Å²) in [6, 6.07) is 2.50. The molecule has 0 aliphatic rings. The number of nitrogens with one attached hydrogen (secondary N) is 1. The van der Waals surface area contributed by atoms with Crippen molar-refractivity contribution in [3.8, 4) is 0 Å². The molecule has 0 amide bonds. The lowest BCUT2D eigenvalue weighted by Crippen LogP contribution is -2.38. The molecular formula is C15H23BrFNO2S. The first-order chi connectivity index (χ1) is 9.71. The maximum atomic E-state index is 13.3. The molecule has 6 heteroatoms. The molecule has 0 aromatic heterocycles. The molecular weight excluding hydrogens is 357 g/mol. The molecule has 1 aromatic carbocycles. The van der Waals surface area contributed by atoms with Crippen LogP contribution in [0.25, 0.3) is 0 Å². The fraction of sp³-hybridized carbons (Fsp3) is 0.600. The molecule has 0 unspecified atom stereocenters. The van der Waals surface area contributed by atoms with Crippen molar-refractivity contribution >= 4 is 26.0 Å². The van der Waals surface area contributed by atoms with Crippen LogP contribution in [-0.4, -0.2) is 20.3 Å². The molecule has 1 rings (SSSR count). The third-order valence-electron chi connectivity index (χ3n) is 4.11. The third-order valence-corrected chi connectivity index (χ3v) is 7.01. The van der Waals surface area contributed by atoms with Gasteiger partial charge in [-0.2, -0.15) is 0 Å². The minimum Gasteiger partial charge on any atom is -0.211 e. The van der Waals surface area contributed by atoms with E-state index in [0.717, 1.165) is 18.2 Å². The molecule has 0 aliphatic heterocycles. The standard InChI is InChI=1S/C15H23BrFNO2S/c1-5-15(6-2,9-16)10-18-21(19,20)14-11(3)7-13(17)8-12(14)4/h7-8,18H,5-6,9-10H2,1-4H3. The van der Waals surface area contributed by atoms with E-state index in [1.807, 2.05) is 13.8 Å². The summed E-state index contributed by atoms with van der Waals surface area (Å²) < 4.78 is 41.1. The van der Waals surface area contributed by atoms with Gasteiger partial charge in [0.1, 0.15) is 5.82 Å². The van der Waals surface area contributed by atoms with Gasteiger partial charge in [0.25, 0.3) is 0 Å². The van der Waals surface area contributed by atoms with Crippen LogP contribution in [0.3, 0.4) is 0 Å². The number of sulfonamides is 1. The van der Waals surface area contributed by atoms with Crippen LogP contribution in [0.2, 0.25) is 0 Å². The molecule has 0 saturated carbocycles. The van der Waals surface area contributed by atoms with Gasteiger partial charge < -0.3 is 0 Å². The predicted octanol–water partition coefficient (Wildman–Crippen LogP) is 3.92. The van der Waals surface area contributed by atoms with E-state index in [1.165, 1.54) is 12.1 Å². The molecule has 0 saturated heterocycles. The minimum atomic E-state index is -3.64. The molecule has 1 aromatic rings. The van der Waals surface area contributed by atoms with Crippen LogP contribution in [0, 0.1) is 25.1 Å². The number of rotatable bonds is 7. The second kappa shape index (κ2) is 7.20. The smallest absolute Gasteiger partial charge is 0.211 e. The molecule has 0 aliphatic carbocycles. The molecule has 0 radical (unpaired) electrons. The lowest BCUT2D eigenvalue weighted by Gasteiger charge is -2.29. The Morgan fingerprint density at radius 3 is 2.05 bits per heavy atom. The van der Waals surface area contributed by atoms with Gasteiger partial charge in [0.2, 0.25) is 10.0 Å². The summed E-state index contributed by atoms with van der Waals surface area (Å²) in [5.41, 5.74) is 0.754. The highest BCUT2D eigenvalue weighted by atomic mass is 79.9. The lowest BCUT2D eigenvalue weighted by molar-refractivity contribution is 0.309. The normalized spacial score (nSPS) is 12.7. The number of aryl methyl sites for hydroxylation is 2. The summed E-state index contributed by atoms with van der Waals surface area (Å²) >= 11 is 3.47. The van der Waals surface area contributed by atoms with Gasteiger partial charge >= 0.3 is 0 Å². The Kier molecular flexibility index (Phi) is 6.37. The average Bonchev–Trinajstić information content (AvgIpc) is 2.39. The third kappa shape index (κ3) is 4.27. The first-order valence-electron chi connectivity index (χ1n) is 7.03. The second-order valence-corrected chi connectivity index (χ2v) is 7.80. The van der Waals surface area contributed by atoms with Crippen molar-refractivity contribution in [3.63, 3.8) is 0 Å². The highest BCUT2D eigenvalue weighted by molar-refractivity contribution is 9.09. The van der Waals surface area contributed by atoms with Crippen LogP contribution in [0.15, 0.2) is 17.0 Å². The van der Waals surface area contributed by atoms with Crippen molar-refractivity contribution in [3.05, 3.63) is 29.1 Å². The van der Waals surface area contributed by atoms with Gasteiger partial charge in [-0.25, -0.2) is 17.5 Å². The van der Waals surface area contributed by atoms with E-state index in [9.17, 15) is 12.8 Å². The second-order valence-electron chi connectivity index (χ2n) is 5.53. The Bertz CT molecular complexity index is 566. The van der Waals surface area contributed by atoms with Crippen LogP contribution in [-0.2, 0) is 10.0 Å². The van der Waals surface area contributed by atoms with Crippen LogP contribution >= 0.6 is 15.9 Å². The number of benzene rings is 1. The van der Waals surface area contributed by atoms with E-state index < -0.39 is 15.8 Å². The van der Waals surface area contributed by atoms with Gasteiger partial charge in [-0.3, -0.25) is 0 Å². The fourth-order valence-corrected chi connectivity index (χ4v) is 4.98. The van der Waals surface area contributed by atoms with Crippen molar-refractivity contribution in [2.45, 2.75) is 45.4 Å². The van der Waals surface area contributed by atoms with Gasteiger partial charge in [0, 0.05) is 11.9 Å². The van der Waals surface area contributed by atoms with E-state index in [0.29, 0.717) is 17.7 Å². The zero-order chi connectivity index (χ0) is 16.3. The first-order valence-corrected chi connectivity index (χ1v) is 9.64. The Morgan fingerprint density at radius 1 is 1.19 bits per heavy atom. The molecule has 120 valence electrons. The summed E-state index contributed by atoms with van der Waals surface area (Å²) in [5, 5.41) is 0.733. The van der Waals surface area contributed by atoms with E-state index >= 15 is 0 Å². The van der Waals surface area contributed by atoms with Crippen LogP contribution in [0.1, 0.15) is 37.8 Å². The van der Waals surface area contributed by atoms with E-state index in [4.69, 9.17) is 0 Å². The van der Waals surface area contributed by atoms with E-state index in [2.05, 4.69) is 20.7 Å². The van der Waals surface area contributed by atoms with Crippen LogP contribution in [0.5, 0.6) is 0 Å². The van der Waals surface area contributed by atoms with E-state index in [1.54, 1.807) is 13.8 Å². The van der Waals surface area contributed by atoms with Crippen LogP contribution < -0.4 is 4.72 Å². The Hall–Kier alpha value is -0.460. The fourth-order valence-electron chi connectivity index (χ4n) is 2.38. The van der Waals surface area contributed by atoms with Crippen LogP contribution in [0.4, 0.5) is 4.39 Å². The monoisotopic (exact) mass is 379 g/mol. The number of hydrogen-bond donors (Lipinski definition) is 1. The molecule has 21 heavy (non-hydrogen) atoms. The molecule has 0 bridgehead atoms. The highest BCUT2D eigenvalue weighted by Gasteiger charge is 2.28. The average molecular weight is 380 g/mol. The molecule has 0 atom stereocenters. The number of hydrogen-bond acceptors (Lipinski definition) is 2. The topological polar surface area (TPSA) is 46.2 Å². The highest BCUT2D eigenvalue weighted by Crippen LogP contribution is 2.29. The molecule has 0 spiro atoms. The number of halogens is 2. The molecule has 1 N–H and O–H groups in total. The summed E-state index contributed by atoms with van der Waals surface area (Å²) in [6.07, 6.45) is 1.75. The Labute approximate surface area is 135 Å². The summed E-state index contributed by atoms with van der Waals surface area (Å²) in [5.74, 6) is -0.416. The SMILES string of the molecule is CCC(CC)(CBr)CNS(=O)(=O)c1c(C)cc(F)cc1C. The van der Waals surface area contributed by atoms with E-state index in [-0.39, 0.29) is 10.3 Å². The van der Waals surface area contributed by atoms with Crippen molar-refractivity contribution in [2.24, 2.45) is 5.41 Å². The zero-order valence-electron chi connectivity index (χ0n) is 13.0. The van der Waals surface area contributed by atoms with Gasteiger partial charge in [-0.05, 0) is 55.4 Å². The van der Waals surface area contributed by atoms with Crippen molar-refractivity contribution in [2.75, 3.05) is 11.9 Å². The predicted molar refractivity (Wildman–Crippen MR) is 87.9 cm³/mol. The van der Waals surface area contributed by atoms with Crippen molar-refractivity contribution < 1.29 is 12.8 Å². The zero-order valence-corrected chi connectivity index (χ0v) is 15.4. The molecule has 0 fully saturated rings. The van der Waals surface area contributed by atoms with Crippen molar-refractivity contribution in [1.82, 2.24) is 4.72 Å². The maximum absolute atomic E-state index is 13.3. The molecule has 3 nitrogen and oxygen atoms in total. The lowest BCUT2D eigenvalue weighted by atomic mass is 9.85. The maximum Gasteiger partial charge on any atom is 0.241 e. The summed E-state index contributed by atoms with van der Waals surface area (Å²) in [4.78, 5) is 0.180. The van der Waals surface area contributed by atoms with Gasteiger partial charge in [0.15, 0.2) is 0 Å². The number of alkyl halides is 1.